The van der Waals surface area contributed by atoms with E-state index >= 15 is 0 Å². The minimum absolute atomic E-state index is 0.00250. The first-order valence-corrected chi connectivity index (χ1v) is 9.92. The summed E-state index contributed by atoms with van der Waals surface area (Å²) in [5.74, 6) is 0.0799. The second-order valence-corrected chi connectivity index (χ2v) is 7.69. The number of hydrogen-bond acceptors (Lipinski definition) is 5. The molecule has 2 aliphatic rings. The summed E-state index contributed by atoms with van der Waals surface area (Å²) in [6.45, 7) is 0.725. The third-order valence-electron chi connectivity index (χ3n) is 4.92. The van der Waals surface area contributed by atoms with Crippen LogP contribution in [-0.2, 0) is 16.0 Å². The van der Waals surface area contributed by atoms with Crippen LogP contribution in [0.2, 0.25) is 0 Å². The highest BCUT2D eigenvalue weighted by atomic mass is 32.2. The largest absolute Gasteiger partial charge is 0.457 e. The first kappa shape index (κ1) is 17.8. The van der Waals surface area contributed by atoms with Crippen LogP contribution in [0.15, 0.2) is 42.5 Å². The number of Topliss-reactive ketones (excluding diaryl/α,β-unsaturated/α-hetero) is 1. The number of ketones is 1. The number of amides is 1. The van der Waals surface area contributed by atoms with Crippen molar-refractivity contribution in [1.82, 2.24) is 4.90 Å². The lowest BCUT2D eigenvalue weighted by atomic mass is 10.0. The quantitative estimate of drug-likeness (QED) is 0.483. The molecule has 0 atom stereocenters. The summed E-state index contributed by atoms with van der Waals surface area (Å²) >= 11 is 1.26. The first-order valence-electron chi connectivity index (χ1n) is 8.93. The summed E-state index contributed by atoms with van der Waals surface area (Å²) in [6.07, 6.45) is 0.986. The van der Waals surface area contributed by atoms with Gasteiger partial charge in [0.15, 0.2) is 12.4 Å². The summed E-state index contributed by atoms with van der Waals surface area (Å²) in [7, 11) is 0. The van der Waals surface area contributed by atoms with Gasteiger partial charge in [-0.05, 0) is 34.7 Å². The van der Waals surface area contributed by atoms with Crippen LogP contribution in [0.3, 0.4) is 0 Å². The van der Waals surface area contributed by atoms with E-state index in [1.165, 1.54) is 22.9 Å². The van der Waals surface area contributed by atoms with E-state index in [0.29, 0.717) is 18.7 Å². The van der Waals surface area contributed by atoms with Crippen molar-refractivity contribution in [2.75, 3.05) is 25.4 Å². The van der Waals surface area contributed by atoms with Crippen molar-refractivity contribution in [3.8, 4) is 11.1 Å². The number of fused-ring (bicyclic) bond motifs is 3. The van der Waals surface area contributed by atoms with E-state index in [1.807, 2.05) is 24.3 Å². The molecule has 0 radical (unpaired) electrons. The van der Waals surface area contributed by atoms with Crippen LogP contribution in [-0.4, -0.2) is 47.3 Å². The van der Waals surface area contributed by atoms with Crippen LogP contribution in [0, 0.1) is 0 Å². The van der Waals surface area contributed by atoms with E-state index < -0.39 is 5.97 Å². The zero-order valence-electron chi connectivity index (χ0n) is 14.8. The van der Waals surface area contributed by atoms with Crippen LogP contribution in [0.4, 0.5) is 4.79 Å². The summed E-state index contributed by atoms with van der Waals surface area (Å²) in [5.41, 5.74) is 5.25. The van der Waals surface area contributed by atoms with Crippen molar-refractivity contribution >= 4 is 28.8 Å². The molecule has 138 valence electrons. The van der Waals surface area contributed by atoms with E-state index in [-0.39, 0.29) is 24.1 Å². The molecule has 27 heavy (non-hydrogen) atoms. The zero-order chi connectivity index (χ0) is 18.8. The molecule has 1 fully saturated rings. The average Bonchev–Trinajstić information content (AvgIpc) is 3.26. The van der Waals surface area contributed by atoms with E-state index in [4.69, 9.17) is 4.74 Å². The molecule has 1 heterocycles. The smallest absolute Gasteiger partial charge is 0.308 e. The fourth-order valence-corrected chi connectivity index (χ4v) is 4.31. The molecule has 1 saturated heterocycles. The van der Waals surface area contributed by atoms with E-state index in [0.717, 1.165) is 23.3 Å². The molecule has 2 aromatic carbocycles. The molecule has 1 aliphatic heterocycles. The van der Waals surface area contributed by atoms with E-state index in [1.54, 1.807) is 11.0 Å². The van der Waals surface area contributed by atoms with Gasteiger partial charge in [-0.1, -0.05) is 48.2 Å². The minimum atomic E-state index is -0.459. The second kappa shape index (κ2) is 7.56. The van der Waals surface area contributed by atoms with Crippen molar-refractivity contribution in [2.45, 2.75) is 12.8 Å². The Morgan fingerprint density at radius 2 is 1.89 bits per heavy atom. The zero-order valence-corrected chi connectivity index (χ0v) is 15.6. The van der Waals surface area contributed by atoms with Crippen molar-refractivity contribution in [1.29, 1.82) is 0 Å². The molecule has 4 rings (SSSR count). The highest BCUT2D eigenvalue weighted by molar-refractivity contribution is 8.13. The Hall–Kier alpha value is -2.60. The van der Waals surface area contributed by atoms with Gasteiger partial charge in [-0.25, -0.2) is 0 Å². The Labute approximate surface area is 161 Å². The highest BCUT2D eigenvalue weighted by Crippen LogP contribution is 2.36. The number of carbonyl (C=O) groups is 3. The molecule has 1 amide bonds. The van der Waals surface area contributed by atoms with Gasteiger partial charge in [0.05, 0.1) is 6.42 Å². The first-order chi connectivity index (χ1) is 13.1. The van der Waals surface area contributed by atoms with Crippen LogP contribution >= 0.6 is 11.8 Å². The summed E-state index contributed by atoms with van der Waals surface area (Å²) in [5, 5.41) is -0.00250. The lowest BCUT2D eigenvalue weighted by Gasteiger charge is -2.13. The molecular weight excluding hydrogens is 362 g/mol. The van der Waals surface area contributed by atoms with Gasteiger partial charge in [-0.2, -0.15) is 0 Å². The lowest BCUT2D eigenvalue weighted by molar-refractivity contribution is -0.142. The Bertz CT molecular complexity index is 924. The van der Waals surface area contributed by atoms with E-state index in [9.17, 15) is 14.4 Å². The van der Waals surface area contributed by atoms with Gasteiger partial charge in [0, 0.05) is 24.4 Å². The molecule has 0 saturated carbocycles. The number of benzene rings is 2. The van der Waals surface area contributed by atoms with Crippen molar-refractivity contribution < 1.29 is 19.1 Å². The normalized spacial score (nSPS) is 14.8. The van der Waals surface area contributed by atoms with Gasteiger partial charge in [-0.3, -0.25) is 14.4 Å². The third-order valence-corrected chi connectivity index (χ3v) is 5.81. The molecule has 0 unspecified atom stereocenters. The molecule has 0 bridgehead atoms. The summed E-state index contributed by atoms with van der Waals surface area (Å²) in [4.78, 5) is 37.4. The maximum Gasteiger partial charge on any atom is 0.308 e. The highest BCUT2D eigenvalue weighted by Gasteiger charge is 2.22. The van der Waals surface area contributed by atoms with Gasteiger partial charge in [0.1, 0.15) is 0 Å². The van der Waals surface area contributed by atoms with Crippen molar-refractivity contribution in [3.63, 3.8) is 0 Å². The standard InChI is InChI=1S/C21H19NO4S/c23-19(13-26-20(24)7-8-22-9-10-27-21(22)25)16-6-5-15-11-14-3-1-2-4-17(14)18(15)12-16/h1-6,12H,7-11,13H2. The molecular formula is C21H19NO4S. The number of thioether (sulfide) groups is 1. The number of rotatable bonds is 6. The molecule has 1 aliphatic carbocycles. The van der Waals surface area contributed by atoms with Gasteiger partial charge < -0.3 is 9.64 Å². The fraction of sp³-hybridized carbons (Fsp3) is 0.286. The molecule has 0 spiro atoms. The SMILES string of the molecule is O=C(CCN1CCSC1=O)OCC(=O)c1ccc2c(c1)-c1ccccc1C2. The van der Waals surface area contributed by atoms with Crippen LogP contribution in [0.5, 0.6) is 0 Å². The molecule has 6 heteroatoms. The molecule has 2 aromatic rings. The Morgan fingerprint density at radius 1 is 1.07 bits per heavy atom. The van der Waals surface area contributed by atoms with Crippen LogP contribution in [0.1, 0.15) is 27.9 Å². The topological polar surface area (TPSA) is 63.7 Å². The third kappa shape index (κ3) is 3.76. The number of ether oxygens (including phenoxy) is 1. The maximum atomic E-state index is 12.4. The van der Waals surface area contributed by atoms with Crippen LogP contribution < -0.4 is 0 Å². The molecule has 5 nitrogen and oxygen atoms in total. The number of hydrogen-bond donors (Lipinski definition) is 0. The second-order valence-electron chi connectivity index (χ2n) is 6.64. The van der Waals surface area contributed by atoms with Gasteiger partial charge in [-0.15, -0.1) is 0 Å². The van der Waals surface area contributed by atoms with Gasteiger partial charge in [0.25, 0.3) is 5.24 Å². The number of esters is 1. The predicted molar refractivity (Wildman–Crippen MR) is 104 cm³/mol. The monoisotopic (exact) mass is 381 g/mol. The van der Waals surface area contributed by atoms with E-state index in [2.05, 4.69) is 12.1 Å². The fourth-order valence-electron chi connectivity index (χ4n) is 3.45. The Kier molecular flexibility index (Phi) is 4.99. The summed E-state index contributed by atoms with van der Waals surface area (Å²) in [6, 6.07) is 13.8. The predicted octanol–water partition coefficient (Wildman–Crippen LogP) is 3.54. The average molecular weight is 381 g/mol. The Morgan fingerprint density at radius 3 is 2.70 bits per heavy atom. The summed E-state index contributed by atoms with van der Waals surface area (Å²) < 4.78 is 5.11. The number of carbonyl (C=O) groups excluding carboxylic acids is 3. The van der Waals surface area contributed by atoms with Crippen LogP contribution in [0.25, 0.3) is 11.1 Å². The Balaban J connectivity index is 1.34. The number of nitrogens with zero attached hydrogens (tertiary/aromatic N) is 1. The molecule has 0 aromatic heterocycles. The minimum Gasteiger partial charge on any atom is -0.457 e. The van der Waals surface area contributed by atoms with Gasteiger partial charge >= 0.3 is 5.97 Å². The van der Waals surface area contributed by atoms with Crippen molar-refractivity contribution in [3.05, 3.63) is 59.2 Å². The lowest BCUT2D eigenvalue weighted by Crippen LogP contribution is -2.27. The molecule has 0 N–H and O–H groups in total. The maximum absolute atomic E-state index is 12.4. The van der Waals surface area contributed by atoms with Crippen molar-refractivity contribution in [2.24, 2.45) is 0 Å². The van der Waals surface area contributed by atoms with Gasteiger partial charge in [0.2, 0.25) is 0 Å².